The third-order valence-electron chi connectivity index (χ3n) is 8.82. The van der Waals surface area contributed by atoms with E-state index >= 15 is 0 Å². The molecule has 3 amide bonds. The van der Waals surface area contributed by atoms with Gasteiger partial charge in [-0.2, -0.15) is 13.2 Å². The molecule has 0 bridgehead atoms. The zero-order chi connectivity index (χ0) is 29.4. The number of carbonyl (C=O) groups is 2. The fourth-order valence-electron chi connectivity index (χ4n) is 6.20. The fraction of sp³-hybridized carbons (Fsp3) is 0.533. The zero-order valence-electron chi connectivity index (χ0n) is 23.3. The second kappa shape index (κ2) is 11.2. The maximum absolute atomic E-state index is 13.9. The Kier molecular flexibility index (Phi) is 7.95. The zero-order valence-corrected chi connectivity index (χ0v) is 23.3. The van der Waals surface area contributed by atoms with E-state index in [9.17, 15) is 27.9 Å². The average Bonchev–Trinajstić information content (AvgIpc) is 3.44. The monoisotopic (exact) mass is 575 g/mol. The van der Waals surface area contributed by atoms with Crippen molar-refractivity contribution in [2.45, 2.75) is 56.6 Å². The Balaban J connectivity index is 1.22. The number of urea groups is 1. The SMILES string of the molecule is COc1ccc(CO[C@H](c2ccc(N3CC[C@]4(CC[C@@](O)(CN5CCN(C)C5=O)CC4)C3=O)cc2)C(F)(F)F)cc1. The summed E-state index contributed by atoms with van der Waals surface area (Å²) in [6.45, 7) is 1.70. The first-order valence-corrected chi connectivity index (χ1v) is 13.9. The van der Waals surface area contributed by atoms with Gasteiger partial charge in [0.25, 0.3) is 0 Å². The molecule has 0 radical (unpaired) electrons. The van der Waals surface area contributed by atoms with Gasteiger partial charge in [-0.1, -0.05) is 24.3 Å². The average molecular weight is 576 g/mol. The molecule has 2 heterocycles. The van der Waals surface area contributed by atoms with Crippen molar-refractivity contribution in [2.75, 3.05) is 45.2 Å². The first-order valence-electron chi connectivity index (χ1n) is 13.9. The number of likely N-dealkylation sites (N-methyl/N-ethyl adjacent to an activating group) is 1. The van der Waals surface area contributed by atoms with E-state index in [-0.39, 0.29) is 30.7 Å². The van der Waals surface area contributed by atoms with Gasteiger partial charge in [-0.25, -0.2) is 4.79 Å². The number of aliphatic hydroxyl groups is 1. The third-order valence-corrected chi connectivity index (χ3v) is 8.82. The van der Waals surface area contributed by atoms with E-state index in [2.05, 4.69) is 0 Å². The Morgan fingerprint density at radius 1 is 0.927 bits per heavy atom. The van der Waals surface area contributed by atoms with Crippen molar-refractivity contribution in [3.63, 3.8) is 0 Å². The summed E-state index contributed by atoms with van der Waals surface area (Å²) < 4.78 is 52.1. The molecule has 5 rings (SSSR count). The van der Waals surface area contributed by atoms with Crippen LogP contribution in [0.25, 0.3) is 0 Å². The van der Waals surface area contributed by atoms with Gasteiger partial charge in [-0.05, 0) is 67.5 Å². The van der Waals surface area contributed by atoms with Crippen LogP contribution in [0.1, 0.15) is 49.3 Å². The van der Waals surface area contributed by atoms with Crippen LogP contribution in [-0.2, 0) is 16.1 Å². The number of hydrogen-bond donors (Lipinski definition) is 1. The standard InChI is InChI=1S/C30H36F3N3O5/c1-34-17-18-35(27(34)38)20-29(39)13-11-28(12-14-29)15-16-36(26(28)37)23-7-5-22(6-8-23)25(30(31,32)33)41-19-21-3-9-24(40-2)10-4-21/h3-10,25,39H,11-20H2,1-2H3/t25-,28-,29+/m1/s1. The molecule has 0 unspecified atom stereocenters. The molecule has 2 saturated heterocycles. The van der Waals surface area contributed by atoms with Crippen molar-refractivity contribution in [3.8, 4) is 5.75 Å². The number of amides is 3. The van der Waals surface area contributed by atoms with Gasteiger partial charge in [0.1, 0.15) is 5.75 Å². The molecular weight excluding hydrogens is 539 g/mol. The molecule has 0 aromatic heterocycles. The van der Waals surface area contributed by atoms with Crippen LogP contribution in [0.2, 0.25) is 0 Å². The third kappa shape index (κ3) is 6.01. The largest absolute Gasteiger partial charge is 0.497 e. The normalized spacial score (nSPS) is 25.9. The molecule has 1 atom stereocenters. The first-order chi connectivity index (χ1) is 19.4. The maximum Gasteiger partial charge on any atom is 0.418 e. The molecule has 1 spiro atoms. The number of benzene rings is 2. The number of rotatable bonds is 8. The molecule has 2 aliphatic heterocycles. The topological polar surface area (TPSA) is 82.6 Å². The predicted molar refractivity (Wildman–Crippen MR) is 145 cm³/mol. The van der Waals surface area contributed by atoms with Crippen LogP contribution >= 0.6 is 0 Å². The van der Waals surface area contributed by atoms with Crippen LogP contribution in [-0.4, -0.2) is 79.0 Å². The number of ether oxygens (including phenoxy) is 2. The molecular formula is C30H36F3N3O5. The smallest absolute Gasteiger partial charge is 0.418 e. The summed E-state index contributed by atoms with van der Waals surface area (Å²) in [4.78, 5) is 30.8. The Bertz CT molecular complexity index is 1240. The number of β-amino-alcohol motifs (C(OH)–C–C–N with tert-alkyl or cyclic N) is 1. The van der Waals surface area contributed by atoms with E-state index in [0.29, 0.717) is 68.7 Å². The van der Waals surface area contributed by atoms with Gasteiger partial charge in [0.2, 0.25) is 5.91 Å². The van der Waals surface area contributed by atoms with Gasteiger partial charge in [0.15, 0.2) is 6.10 Å². The van der Waals surface area contributed by atoms with Gasteiger partial charge in [0, 0.05) is 32.4 Å². The Morgan fingerprint density at radius 2 is 1.59 bits per heavy atom. The summed E-state index contributed by atoms with van der Waals surface area (Å²) in [5.74, 6) is 0.540. The van der Waals surface area contributed by atoms with Gasteiger partial charge in [-0.15, -0.1) is 0 Å². The molecule has 3 aliphatic rings. The molecule has 2 aromatic rings. The van der Waals surface area contributed by atoms with Crippen molar-refractivity contribution in [1.82, 2.24) is 9.80 Å². The van der Waals surface area contributed by atoms with Crippen LogP contribution < -0.4 is 9.64 Å². The van der Waals surface area contributed by atoms with Gasteiger partial charge in [0.05, 0.1) is 31.3 Å². The van der Waals surface area contributed by atoms with Crippen molar-refractivity contribution in [2.24, 2.45) is 5.41 Å². The number of halogens is 3. The van der Waals surface area contributed by atoms with E-state index < -0.39 is 23.3 Å². The fourth-order valence-corrected chi connectivity index (χ4v) is 6.20. The van der Waals surface area contributed by atoms with Crippen molar-refractivity contribution < 1.29 is 37.3 Å². The van der Waals surface area contributed by atoms with Crippen LogP contribution in [0.4, 0.5) is 23.7 Å². The summed E-state index contributed by atoms with van der Waals surface area (Å²) in [6.07, 6.45) is -4.28. The van der Waals surface area contributed by atoms with E-state index in [1.54, 1.807) is 46.0 Å². The predicted octanol–water partition coefficient (Wildman–Crippen LogP) is 4.91. The first kappa shape index (κ1) is 29.2. The van der Waals surface area contributed by atoms with Gasteiger partial charge < -0.3 is 29.3 Å². The highest BCUT2D eigenvalue weighted by atomic mass is 19.4. The molecule has 1 saturated carbocycles. The van der Waals surface area contributed by atoms with Crippen molar-refractivity contribution in [1.29, 1.82) is 0 Å². The Hall–Kier alpha value is -3.31. The van der Waals surface area contributed by atoms with Crippen LogP contribution in [0.3, 0.4) is 0 Å². The summed E-state index contributed by atoms with van der Waals surface area (Å²) in [7, 11) is 3.25. The molecule has 3 fully saturated rings. The summed E-state index contributed by atoms with van der Waals surface area (Å²) in [5, 5.41) is 11.2. The van der Waals surface area contributed by atoms with E-state index in [4.69, 9.17) is 9.47 Å². The molecule has 1 N–H and O–H groups in total. The van der Waals surface area contributed by atoms with E-state index in [1.807, 2.05) is 0 Å². The highest BCUT2D eigenvalue weighted by molar-refractivity contribution is 6.00. The van der Waals surface area contributed by atoms with Crippen LogP contribution in [0, 0.1) is 5.41 Å². The summed E-state index contributed by atoms with van der Waals surface area (Å²) in [6, 6.07) is 12.3. The summed E-state index contributed by atoms with van der Waals surface area (Å²) in [5.41, 5.74) is -0.547. The maximum atomic E-state index is 13.9. The van der Waals surface area contributed by atoms with Gasteiger partial charge in [-0.3, -0.25) is 4.79 Å². The minimum absolute atomic E-state index is 0.0408. The minimum atomic E-state index is -4.62. The van der Waals surface area contributed by atoms with Crippen molar-refractivity contribution in [3.05, 3.63) is 59.7 Å². The van der Waals surface area contributed by atoms with E-state index in [1.165, 1.54) is 31.4 Å². The molecule has 8 nitrogen and oxygen atoms in total. The Labute approximate surface area is 237 Å². The van der Waals surface area contributed by atoms with Crippen LogP contribution in [0.5, 0.6) is 5.75 Å². The number of alkyl halides is 3. The summed E-state index contributed by atoms with van der Waals surface area (Å²) >= 11 is 0. The van der Waals surface area contributed by atoms with Gasteiger partial charge >= 0.3 is 12.2 Å². The Morgan fingerprint density at radius 3 is 2.15 bits per heavy atom. The highest BCUT2D eigenvalue weighted by Crippen LogP contribution is 2.49. The number of nitrogens with zero attached hydrogens (tertiary/aromatic N) is 3. The number of methoxy groups -OCH3 is 1. The highest BCUT2D eigenvalue weighted by Gasteiger charge is 2.52. The lowest BCUT2D eigenvalue weighted by Gasteiger charge is -2.42. The number of anilines is 1. The molecule has 11 heteroatoms. The van der Waals surface area contributed by atoms with Crippen molar-refractivity contribution >= 4 is 17.6 Å². The lowest BCUT2D eigenvalue weighted by Crippen LogP contribution is -2.50. The molecule has 1 aliphatic carbocycles. The van der Waals surface area contributed by atoms with Crippen LogP contribution in [0.15, 0.2) is 48.5 Å². The molecule has 222 valence electrons. The molecule has 2 aromatic carbocycles. The number of carbonyl (C=O) groups excluding carboxylic acids is 2. The number of hydrogen-bond acceptors (Lipinski definition) is 5. The van der Waals surface area contributed by atoms with E-state index in [0.717, 1.165) is 0 Å². The second-order valence-corrected chi connectivity index (χ2v) is 11.5. The quantitative estimate of drug-likeness (QED) is 0.484. The lowest BCUT2D eigenvalue weighted by molar-refractivity contribution is -0.227. The molecule has 41 heavy (non-hydrogen) atoms. The second-order valence-electron chi connectivity index (χ2n) is 11.5. The lowest BCUT2D eigenvalue weighted by atomic mass is 9.67. The minimum Gasteiger partial charge on any atom is -0.497 e.